The Balaban J connectivity index is 2.24. The Morgan fingerprint density at radius 3 is 2.35 bits per heavy atom. The third-order valence-electron chi connectivity index (χ3n) is 3.56. The first-order valence-corrected chi connectivity index (χ1v) is 6.70. The molecule has 1 unspecified atom stereocenters. The second kappa shape index (κ2) is 5.71. The van der Waals surface area contributed by atoms with E-state index in [9.17, 15) is 9.90 Å². The number of hydrogen-bond acceptors (Lipinski definition) is 4. The summed E-state index contributed by atoms with van der Waals surface area (Å²) in [6.07, 6.45) is 1.53. The van der Waals surface area contributed by atoms with Crippen molar-refractivity contribution in [1.29, 1.82) is 0 Å². The molecule has 1 aromatic rings. The maximum Gasteiger partial charge on any atom is 0.254 e. The molecule has 1 heterocycles. The van der Waals surface area contributed by atoms with E-state index in [1.54, 1.807) is 44.2 Å². The van der Waals surface area contributed by atoms with Gasteiger partial charge < -0.3 is 19.5 Å². The van der Waals surface area contributed by atoms with Crippen molar-refractivity contribution in [2.24, 2.45) is 0 Å². The standard InChI is InChI=1S/C15H21NO4/c1-15(18)5-4-6-16(10-15)14(17)11-7-12(19-2)9-13(8-11)20-3/h7-9,18H,4-6,10H2,1-3H3. The van der Waals surface area contributed by atoms with Crippen molar-refractivity contribution in [3.05, 3.63) is 23.8 Å². The van der Waals surface area contributed by atoms with Gasteiger partial charge in [0.05, 0.1) is 19.8 Å². The third kappa shape index (κ3) is 3.22. The number of nitrogens with zero attached hydrogens (tertiary/aromatic N) is 1. The van der Waals surface area contributed by atoms with E-state index in [1.807, 2.05) is 0 Å². The summed E-state index contributed by atoms with van der Waals surface area (Å²) in [6.45, 7) is 2.78. The molecule has 1 fully saturated rings. The van der Waals surface area contributed by atoms with Crippen molar-refractivity contribution >= 4 is 5.91 Å². The van der Waals surface area contributed by atoms with E-state index in [2.05, 4.69) is 0 Å². The molecule has 5 nitrogen and oxygen atoms in total. The zero-order valence-corrected chi connectivity index (χ0v) is 12.2. The van der Waals surface area contributed by atoms with E-state index < -0.39 is 5.60 Å². The predicted molar refractivity (Wildman–Crippen MR) is 75.3 cm³/mol. The van der Waals surface area contributed by atoms with Gasteiger partial charge in [0.15, 0.2) is 0 Å². The average molecular weight is 279 g/mol. The minimum atomic E-state index is -0.809. The zero-order valence-electron chi connectivity index (χ0n) is 12.2. The van der Waals surface area contributed by atoms with E-state index in [-0.39, 0.29) is 5.91 Å². The van der Waals surface area contributed by atoms with Crippen LogP contribution in [0.1, 0.15) is 30.1 Å². The van der Waals surface area contributed by atoms with Gasteiger partial charge in [0, 0.05) is 24.7 Å². The number of hydrogen-bond donors (Lipinski definition) is 1. The zero-order chi connectivity index (χ0) is 14.8. The van der Waals surface area contributed by atoms with Gasteiger partial charge in [0.2, 0.25) is 0 Å². The summed E-state index contributed by atoms with van der Waals surface area (Å²) in [6, 6.07) is 5.10. The van der Waals surface area contributed by atoms with Crippen LogP contribution in [0.2, 0.25) is 0 Å². The number of carbonyl (C=O) groups is 1. The SMILES string of the molecule is COc1cc(OC)cc(C(=O)N2CCCC(C)(O)C2)c1. The summed E-state index contributed by atoms with van der Waals surface area (Å²) >= 11 is 0. The van der Waals surface area contributed by atoms with Crippen molar-refractivity contribution in [3.8, 4) is 11.5 Å². The van der Waals surface area contributed by atoms with Gasteiger partial charge in [-0.05, 0) is 31.9 Å². The fourth-order valence-corrected chi connectivity index (χ4v) is 2.51. The van der Waals surface area contributed by atoms with Gasteiger partial charge >= 0.3 is 0 Å². The van der Waals surface area contributed by atoms with Crippen molar-refractivity contribution < 1.29 is 19.4 Å². The maximum absolute atomic E-state index is 12.5. The number of β-amino-alcohol motifs (C(OH)–C–C–N with tert-alkyl or cyclic N) is 1. The molecule has 0 aliphatic carbocycles. The van der Waals surface area contributed by atoms with Crippen LogP contribution in [0.4, 0.5) is 0 Å². The number of aliphatic hydroxyl groups is 1. The van der Waals surface area contributed by atoms with Gasteiger partial charge in [0.1, 0.15) is 11.5 Å². The first-order chi connectivity index (χ1) is 9.45. The topological polar surface area (TPSA) is 59.0 Å². The maximum atomic E-state index is 12.5. The fraction of sp³-hybridized carbons (Fsp3) is 0.533. The van der Waals surface area contributed by atoms with Gasteiger partial charge in [-0.2, -0.15) is 0 Å². The molecule has 5 heteroatoms. The largest absolute Gasteiger partial charge is 0.497 e. The molecule has 1 aliphatic heterocycles. The summed E-state index contributed by atoms with van der Waals surface area (Å²) in [5.74, 6) is 1.05. The van der Waals surface area contributed by atoms with Gasteiger partial charge in [0.25, 0.3) is 5.91 Å². The Bertz CT molecular complexity index is 476. The second-order valence-electron chi connectivity index (χ2n) is 5.43. The van der Waals surface area contributed by atoms with Gasteiger partial charge in [-0.25, -0.2) is 0 Å². The fourth-order valence-electron chi connectivity index (χ4n) is 2.51. The molecule has 1 aromatic carbocycles. The van der Waals surface area contributed by atoms with Crippen molar-refractivity contribution in [1.82, 2.24) is 4.90 Å². The normalized spacial score (nSPS) is 22.5. The molecule has 1 amide bonds. The number of ether oxygens (including phenoxy) is 2. The molecule has 0 saturated carbocycles. The van der Waals surface area contributed by atoms with Gasteiger partial charge in [-0.3, -0.25) is 4.79 Å². The molecule has 1 saturated heterocycles. The van der Waals surface area contributed by atoms with Gasteiger partial charge in [-0.1, -0.05) is 0 Å². The number of carbonyl (C=O) groups excluding carboxylic acids is 1. The number of benzene rings is 1. The molecule has 0 radical (unpaired) electrons. The van der Waals surface area contributed by atoms with Crippen molar-refractivity contribution in [3.63, 3.8) is 0 Å². The molecule has 0 spiro atoms. The lowest BCUT2D eigenvalue weighted by Crippen LogP contribution is -2.48. The van der Waals surface area contributed by atoms with Crippen LogP contribution in [-0.4, -0.2) is 48.8 Å². The summed E-state index contributed by atoms with van der Waals surface area (Å²) in [5.41, 5.74) is -0.296. The second-order valence-corrected chi connectivity index (χ2v) is 5.43. The molecule has 110 valence electrons. The summed E-state index contributed by atoms with van der Waals surface area (Å²) in [7, 11) is 3.10. The summed E-state index contributed by atoms with van der Waals surface area (Å²) < 4.78 is 10.4. The number of rotatable bonds is 3. The lowest BCUT2D eigenvalue weighted by molar-refractivity contribution is -0.0107. The highest BCUT2D eigenvalue weighted by atomic mass is 16.5. The molecule has 0 aromatic heterocycles. The molecular formula is C15H21NO4. The lowest BCUT2D eigenvalue weighted by Gasteiger charge is -2.36. The van der Waals surface area contributed by atoms with Crippen LogP contribution in [0, 0.1) is 0 Å². The quantitative estimate of drug-likeness (QED) is 0.914. The van der Waals surface area contributed by atoms with Crippen molar-refractivity contribution in [2.45, 2.75) is 25.4 Å². The average Bonchev–Trinajstić information content (AvgIpc) is 2.44. The molecule has 1 aliphatic rings. The molecule has 1 N–H and O–H groups in total. The number of likely N-dealkylation sites (tertiary alicyclic amines) is 1. The number of amides is 1. The minimum Gasteiger partial charge on any atom is -0.497 e. The van der Waals surface area contributed by atoms with Crippen LogP contribution < -0.4 is 9.47 Å². The molecule has 2 rings (SSSR count). The highest BCUT2D eigenvalue weighted by Crippen LogP contribution is 2.26. The molecule has 20 heavy (non-hydrogen) atoms. The van der Waals surface area contributed by atoms with E-state index >= 15 is 0 Å². The van der Waals surface area contributed by atoms with Crippen molar-refractivity contribution in [2.75, 3.05) is 27.3 Å². The smallest absolute Gasteiger partial charge is 0.254 e. The monoisotopic (exact) mass is 279 g/mol. The van der Waals surface area contributed by atoms with E-state index in [0.717, 1.165) is 12.8 Å². The number of piperidine rings is 1. The van der Waals surface area contributed by atoms with Crippen LogP contribution in [0.5, 0.6) is 11.5 Å². The number of methoxy groups -OCH3 is 2. The van der Waals surface area contributed by atoms with E-state index in [4.69, 9.17) is 9.47 Å². The Kier molecular flexibility index (Phi) is 4.18. The Morgan fingerprint density at radius 1 is 1.25 bits per heavy atom. The lowest BCUT2D eigenvalue weighted by atomic mass is 9.94. The Morgan fingerprint density at radius 2 is 1.85 bits per heavy atom. The molecule has 1 atom stereocenters. The Hall–Kier alpha value is -1.75. The highest BCUT2D eigenvalue weighted by Gasteiger charge is 2.31. The highest BCUT2D eigenvalue weighted by molar-refractivity contribution is 5.95. The van der Waals surface area contributed by atoms with Crippen LogP contribution >= 0.6 is 0 Å². The first kappa shape index (κ1) is 14.7. The van der Waals surface area contributed by atoms with Gasteiger partial charge in [-0.15, -0.1) is 0 Å². The molecule has 0 bridgehead atoms. The summed E-state index contributed by atoms with van der Waals surface area (Å²) in [4.78, 5) is 14.2. The van der Waals surface area contributed by atoms with Crippen LogP contribution in [-0.2, 0) is 0 Å². The Labute approximate surface area is 119 Å². The summed E-state index contributed by atoms with van der Waals surface area (Å²) in [5, 5.41) is 10.1. The van der Waals surface area contributed by atoms with Crippen LogP contribution in [0.15, 0.2) is 18.2 Å². The van der Waals surface area contributed by atoms with Crippen LogP contribution in [0.25, 0.3) is 0 Å². The van der Waals surface area contributed by atoms with Crippen LogP contribution in [0.3, 0.4) is 0 Å². The van der Waals surface area contributed by atoms with E-state index in [1.165, 1.54) is 0 Å². The predicted octanol–water partition coefficient (Wildman–Crippen LogP) is 1.69. The third-order valence-corrected chi connectivity index (χ3v) is 3.56. The molecular weight excluding hydrogens is 258 g/mol. The first-order valence-electron chi connectivity index (χ1n) is 6.70. The van der Waals surface area contributed by atoms with E-state index in [0.29, 0.717) is 30.2 Å². The minimum absolute atomic E-state index is 0.109.